The molecular formula is C15H19N5O11P2. The molecule has 0 radical (unpaired) electrons. The van der Waals surface area contributed by atoms with Gasteiger partial charge >= 0.3 is 15.6 Å². The second kappa shape index (κ2) is 8.75. The number of hydrogen-bond donors (Lipinski definition) is 7. The van der Waals surface area contributed by atoms with Gasteiger partial charge in [-0.15, -0.1) is 0 Å². The summed E-state index contributed by atoms with van der Waals surface area (Å²) < 4.78 is 37.5. The van der Waals surface area contributed by atoms with E-state index >= 15 is 0 Å². The fourth-order valence-electron chi connectivity index (χ4n) is 3.21. The highest BCUT2D eigenvalue weighted by atomic mass is 31.3. The number of aliphatic hydroxyl groups is 2. The summed E-state index contributed by atoms with van der Waals surface area (Å²) >= 11 is 0. The van der Waals surface area contributed by atoms with Gasteiger partial charge in [0.2, 0.25) is 0 Å². The fourth-order valence-corrected chi connectivity index (χ4v) is 4.81. The molecule has 3 heterocycles. The Labute approximate surface area is 185 Å². The molecule has 1 unspecified atom stereocenters. The van der Waals surface area contributed by atoms with Gasteiger partial charge in [-0.3, -0.25) is 9.32 Å². The molecule has 9 N–H and O–H groups in total. The Morgan fingerprint density at radius 1 is 1.36 bits per heavy atom. The molecule has 1 aliphatic heterocycles. The lowest BCUT2D eigenvalue weighted by Crippen LogP contribution is -2.44. The van der Waals surface area contributed by atoms with Crippen LogP contribution in [0.5, 0.6) is 0 Å². The minimum Gasteiger partial charge on any atom is -0.387 e. The SMILES string of the molecule is C[C@@]1(O)[C@H](O)[C@@H](COP(=O)(O)OP(=O)(O)O)O[C@H]1n1cc(C#CC(N)=O)c2c(N)ncnc21. The summed E-state index contributed by atoms with van der Waals surface area (Å²) in [5, 5.41) is 21.6. The first-order chi connectivity index (χ1) is 15.1. The number of nitrogen functional groups attached to an aromatic ring is 1. The van der Waals surface area contributed by atoms with Gasteiger partial charge in [-0.05, 0) is 6.92 Å². The first kappa shape index (κ1) is 25.2. The number of aromatic nitrogens is 3. The van der Waals surface area contributed by atoms with Gasteiger partial charge in [0, 0.05) is 12.1 Å². The molecule has 180 valence electrons. The van der Waals surface area contributed by atoms with Crippen LogP contribution in [0.4, 0.5) is 5.82 Å². The number of ether oxygens (including phenoxy) is 1. The Morgan fingerprint density at radius 3 is 2.64 bits per heavy atom. The molecule has 2 aromatic rings. The molecular weight excluding hydrogens is 488 g/mol. The molecule has 33 heavy (non-hydrogen) atoms. The van der Waals surface area contributed by atoms with Crippen LogP contribution in [-0.4, -0.2) is 69.8 Å². The minimum absolute atomic E-state index is 0.0126. The van der Waals surface area contributed by atoms with Crippen LogP contribution in [0.2, 0.25) is 0 Å². The molecule has 0 saturated carbocycles. The summed E-state index contributed by atoms with van der Waals surface area (Å²) in [6, 6.07) is 0. The molecule has 1 amide bonds. The van der Waals surface area contributed by atoms with Crippen molar-refractivity contribution in [2.75, 3.05) is 12.3 Å². The molecule has 3 rings (SSSR count). The lowest BCUT2D eigenvalue weighted by molar-refractivity contribution is -0.112. The van der Waals surface area contributed by atoms with Crippen LogP contribution in [0.1, 0.15) is 18.7 Å². The first-order valence-corrected chi connectivity index (χ1v) is 11.9. The zero-order valence-electron chi connectivity index (χ0n) is 16.7. The van der Waals surface area contributed by atoms with Crippen molar-refractivity contribution >= 4 is 38.4 Å². The molecule has 2 aromatic heterocycles. The molecule has 5 atom stereocenters. The number of nitrogens with two attached hydrogens (primary N) is 2. The van der Waals surface area contributed by atoms with Crippen LogP contribution >= 0.6 is 15.6 Å². The number of carbonyl (C=O) groups excluding carboxylic acids is 1. The third kappa shape index (κ3) is 5.40. The predicted octanol–water partition coefficient (Wildman–Crippen LogP) is -1.91. The molecule has 0 bridgehead atoms. The Morgan fingerprint density at radius 2 is 2.03 bits per heavy atom. The Hall–Kier alpha value is -2.41. The van der Waals surface area contributed by atoms with E-state index in [9.17, 15) is 29.0 Å². The quantitative estimate of drug-likeness (QED) is 0.166. The number of rotatable bonds is 6. The van der Waals surface area contributed by atoms with E-state index in [1.165, 1.54) is 17.7 Å². The monoisotopic (exact) mass is 507 g/mol. The third-order valence-corrected chi connectivity index (χ3v) is 6.73. The van der Waals surface area contributed by atoms with Gasteiger partial charge in [0.1, 0.15) is 35.6 Å². The number of aliphatic hydroxyl groups excluding tert-OH is 1. The van der Waals surface area contributed by atoms with Gasteiger partial charge in [0.15, 0.2) is 6.23 Å². The van der Waals surface area contributed by atoms with Crippen molar-refractivity contribution in [1.82, 2.24) is 14.5 Å². The lowest BCUT2D eigenvalue weighted by Gasteiger charge is -2.27. The molecule has 0 aromatic carbocycles. The van der Waals surface area contributed by atoms with E-state index in [4.69, 9.17) is 26.0 Å². The van der Waals surface area contributed by atoms with Crippen LogP contribution in [-0.2, 0) is 27.5 Å². The zero-order chi connectivity index (χ0) is 24.8. The number of nitrogens with zero attached hydrogens (tertiary/aromatic N) is 3. The summed E-state index contributed by atoms with van der Waals surface area (Å²) in [6.07, 6.45) is -2.13. The number of carbonyl (C=O) groups is 1. The third-order valence-electron chi connectivity index (χ3n) is 4.58. The minimum atomic E-state index is -5.36. The van der Waals surface area contributed by atoms with E-state index in [0.717, 1.165) is 6.33 Å². The van der Waals surface area contributed by atoms with Crippen LogP contribution < -0.4 is 11.5 Å². The van der Waals surface area contributed by atoms with Crippen LogP contribution in [0, 0.1) is 11.8 Å². The highest BCUT2D eigenvalue weighted by Crippen LogP contribution is 2.58. The number of anilines is 1. The maximum atomic E-state index is 11.7. The zero-order valence-corrected chi connectivity index (χ0v) is 18.5. The Bertz CT molecular complexity index is 1250. The van der Waals surface area contributed by atoms with Crippen molar-refractivity contribution < 1.29 is 52.4 Å². The number of hydrogen-bond acceptors (Lipinski definition) is 11. The van der Waals surface area contributed by atoms with Crippen molar-refractivity contribution in [3.63, 3.8) is 0 Å². The molecule has 16 nitrogen and oxygen atoms in total. The van der Waals surface area contributed by atoms with E-state index in [1.54, 1.807) is 0 Å². The molecule has 18 heteroatoms. The van der Waals surface area contributed by atoms with E-state index in [2.05, 4.69) is 30.6 Å². The number of fused-ring (bicyclic) bond motifs is 1. The lowest BCUT2D eigenvalue weighted by atomic mass is 9.96. The first-order valence-electron chi connectivity index (χ1n) is 8.85. The highest BCUT2D eigenvalue weighted by molar-refractivity contribution is 7.60. The van der Waals surface area contributed by atoms with E-state index in [1.807, 2.05) is 0 Å². The number of phosphoric ester groups is 1. The maximum absolute atomic E-state index is 11.7. The van der Waals surface area contributed by atoms with Crippen molar-refractivity contribution in [1.29, 1.82) is 0 Å². The van der Waals surface area contributed by atoms with E-state index in [-0.39, 0.29) is 22.4 Å². The fraction of sp³-hybridized carbons (Fsp3) is 0.400. The Balaban J connectivity index is 1.95. The summed E-state index contributed by atoms with van der Waals surface area (Å²) in [5.41, 5.74) is 9.15. The summed E-state index contributed by atoms with van der Waals surface area (Å²) in [5.74, 6) is 3.70. The molecule has 1 saturated heterocycles. The van der Waals surface area contributed by atoms with Crippen molar-refractivity contribution in [3.05, 3.63) is 18.1 Å². The summed E-state index contributed by atoms with van der Waals surface area (Å²) in [4.78, 5) is 45.7. The topological polar surface area (TPSA) is 263 Å². The second-order valence-electron chi connectivity index (χ2n) is 7.06. The molecule has 1 aliphatic rings. The molecule has 1 fully saturated rings. The summed E-state index contributed by atoms with van der Waals surface area (Å²) in [6.45, 7) is 0.296. The average Bonchev–Trinajstić information content (AvgIpc) is 3.13. The number of primary amides is 1. The summed E-state index contributed by atoms with van der Waals surface area (Å²) in [7, 11) is -10.6. The normalized spacial score (nSPS) is 27.2. The van der Waals surface area contributed by atoms with Gasteiger partial charge in [-0.25, -0.2) is 19.1 Å². The number of amides is 1. The van der Waals surface area contributed by atoms with E-state index < -0.39 is 52.2 Å². The Kier molecular flexibility index (Phi) is 6.68. The van der Waals surface area contributed by atoms with E-state index in [0.29, 0.717) is 0 Å². The standard InChI is InChI=1S/C15H19N5O11P2/c1-15(23)11(22)8(5-29-33(27,28)31-32(24,25)26)30-14(15)20-4-7(2-3-9(16)21)10-12(17)18-6-19-13(10)20/h4,6,8,11,14,22-23H,5H2,1H3,(H2,16,21)(H,27,28)(H2,17,18,19)(H2,24,25,26)/t8-,11-,14-,15-/m1/s1. The molecule has 0 aliphatic carbocycles. The van der Waals surface area contributed by atoms with Crippen molar-refractivity contribution in [3.8, 4) is 11.8 Å². The largest absolute Gasteiger partial charge is 0.481 e. The molecule has 0 spiro atoms. The highest BCUT2D eigenvalue weighted by Gasteiger charge is 2.54. The van der Waals surface area contributed by atoms with Gasteiger partial charge in [-0.1, -0.05) is 5.92 Å². The van der Waals surface area contributed by atoms with Crippen LogP contribution in [0.3, 0.4) is 0 Å². The van der Waals surface area contributed by atoms with Gasteiger partial charge in [-0.2, -0.15) is 4.31 Å². The number of phosphoric acid groups is 2. The average molecular weight is 507 g/mol. The van der Waals surface area contributed by atoms with Crippen LogP contribution in [0.15, 0.2) is 12.5 Å². The predicted molar refractivity (Wildman–Crippen MR) is 107 cm³/mol. The van der Waals surface area contributed by atoms with Gasteiger partial charge in [0.25, 0.3) is 5.91 Å². The van der Waals surface area contributed by atoms with Gasteiger partial charge < -0.3 is 45.7 Å². The van der Waals surface area contributed by atoms with Crippen molar-refractivity contribution in [2.45, 2.75) is 31.0 Å². The smallest absolute Gasteiger partial charge is 0.387 e. The van der Waals surface area contributed by atoms with Crippen molar-refractivity contribution in [2.24, 2.45) is 5.73 Å². The van der Waals surface area contributed by atoms with Crippen LogP contribution in [0.25, 0.3) is 11.0 Å². The van der Waals surface area contributed by atoms with Gasteiger partial charge in [0.05, 0.1) is 17.6 Å². The second-order valence-corrected chi connectivity index (χ2v) is 9.89. The maximum Gasteiger partial charge on any atom is 0.481 e.